The van der Waals surface area contributed by atoms with E-state index in [1.807, 2.05) is 29.2 Å². The standard InChI is InChI=1S/C26H30BrN3O5.ClH/c1-33-23-15-24(35-19-6-10-28-11-7-19)21(27)14-20(23)25(31)29-12-8-18(9-13-29)30-22-5-3-2-4-17(22)16-34-26(30)32;/h2-5,14-15,18-19,28H,6-13,16H2,1H3;1H. The van der Waals surface area contributed by atoms with E-state index in [0.717, 1.165) is 41.7 Å². The molecule has 5 rings (SSSR count). The first-order chi connectivity index (χ1) is 17.0. The molecule has 0 bridgehead atoms. The average Bonchev–Trinajstić information content (AvgIpc) is 2.90. The molecule has 2 aromatic carbocycles. The molecular formula is C26H31BrClN3O5. The molecule has 3 aliphatic rings. The van der Waals surface area contributed by atoms with Gasteiger partial charge in [0.25, 0.3) is 5.91 Å². The topological polar surface area (TPSA) is 80.3 Å². The second-order valence-corrected chi connectivity index (χ2v) is 9.98. The molecule has 2 saturated heterocycles. The van der Waals surface area contributed by atoms with Crippen LogP contribution in [0.2, 0.25) is 0 Å². The summed E-state index contributed by atoms with van der Waals surface area (Å²) in [4.78, 5) is 29.6. The lowest BCUT2D eigenvalue weighted by Gasteiger charge is -2.40. The number of carbonyl (C=O) groups is 2. The van der Waals surface area contributed by atoms with Gasteiger partial charge in [-0.2, -0.15) is 0 Å². The van der Waals surface area contributed by atoms with E-state index >= 15 is 0 Å². The minimum Gasteiger partial charge on any atom is -0.496 e. The summed E-state index contributed by atoms with van der Waals surface area (Å²) in [6, 6.07) is 11.4. The Morgan fingerprint density at radius 2 is 1.81 bits per heavy atom. The number of halogens is 2. The molecule has 2 aromatic rings. The number of rotatable bonds is 5. The number of hydrogen-bond donors (Lipinski definition) is 1. The highest BCUT2D eigenvalue weighted by Crippen LogP contribution is 2.36. The fourth-order valence-electron chi connectivity index (χ4n) is 5.07. The number of amides is 2. The molecule has 0 aliphatic carbocycles. The number of para-hydroxylation sites is 1. The number of carbonyl (C=O) groups excluding carboxylic acids is 2. The zero-order valence-electron chi connectivity index (χ0n) is 20.2. The minimum atomic E-state index is -0.316. The van der Waals surface area contributed by atoms with Gasteiger partial charge >= 0.3 is 6.09 Å². The number of methoxy groups -OCH3 is 1. The van der Waals surface area contributed by atoms with Crippen LogP contribution in [0, 0.1) is 0 Å². The van der Waals surface area contributed by atoms with Crippen molar-refractivity contribution >= 4 is 46.0 Å². The number of anilines is 1. The molecule has 0 radical (unpaired) electrons. The molecule has 3 heterocycles. The summed E-state index contributed by atoms with van der Waals surface area (Å²) in [5.74, 6) is 1.10. The maximum atomic E-state index is 13.4. The first-order valence-electron chi connectivity index (χ1n) is 12.1. The van der Waals surface area contributed by atoms with Gasteiger partial charge in [-0.15, -0.1) is 12.4 Å². The van der Waals surface area contributed by atoms with Gasteiger partial charge in [0.15, 0.2) is 0 Å². The summed E-state index contributed by atoms with van der Waals surface area (Å²) in [5, 5.41) is 3.33. The summed E-state index contributed by atoms with van der Waals surface area (Å²) in [7, 11) is 1.57. The van der Waals surface area contributed by atoms with Crippen molar-refractivity contribution in [2.75, 3.05) is 38.2 Å². The Labute approximate surface area is 225 Å². The van der Waals surface area contributed by atoms with E-state index in [4.69, 9.17) is 14.2 Å². The Bertz CT molecular complexity index is 1100. The first kappa shape index (κ1) is 26.6. The Morgan fingerprint density at radius 3 is 2.53 bits per heavy atom. The zero-order valence-corrected chi connectivity index (χ0v) is 22.6. The molecule has 0 unspecified atom stereocenters. The van der Waals surface area contributed by atoms with Crippen LogP contribution in [0.1, 0.15) is 41.6 Å². The first-order valence-corrected chi connectivity index (χ1v) is 12.9. The molecular weight excluding hydrogens is 550 g/mol. The van der Waals surface area contributed by atoms with Crippen molar-refractivity contribution in [2.24, 2.45) is 0 Å². The van der Waals surface area contributed by atoms with Crippen molar-refractivity contribution < 1.29 is 23.8 Å². The van der Waals surface area contributed by atoms with Gasteiger partial charge in [-0.25, -0.2) is 4.79 Å². The third kappa shape index (κ3) is 5.43. The SMILES string of the molecule is COc1cc(OC2CCNCC2)c(Br)cc1C(=O)N1CCC(N2C(=O)OCc3ccccc32)CC1.Cl. The van der Waals surface area contributed by atoms with Gasteiger partial charge in [0.05, 0.1) is 22.8 Å². The maximum Gasteiger partial charge on any atom is 0.414 e. The summed E-state index contributed by atoms with van der Waals surface area (Å²) in [6.45, 7) is 3.27. The van der Waals surface area contributed by atoms with Gasteiger partial charge in [-0.3, -0.25) is 9.69 Å². The Kier molecular flexibility index (Phi) is 8.64. The number of fused-ring (bicyclic) bond motifs is 1. The fraction of sp³-hybridized carbons (Fsp3) is 0.462. The van der Waals surface area contributed by atoms with Crippen LogP contribution in [-0.2, 0) is 11.3 Å². The molecule has 0 spiro atoms. The van der Waals surface area contributed by atoms with Gasteiger partial charge < -0.3 is 24.4 Å². The molecule has 1 N–H and O–H groups in total. The molecule has 8 nitrogen and oxygen atoms in total. The van der Waals surface area contributed by atoms with Crippen LogP contribution in [0.3, 0.4) is 0 Å². The van der Waals surface area contributed by atoms with Crippen molar-refractivity contribution in [1.82, 2.24) is 10.2 Å². The number of hydrogen-bond acceptors (Lipinski definition) is 6. The van der Waals surface area contributed by atoms with E-state index in [1.54, 1.807) is 24.1 Å². The van der Waals surface area contributed by atoms with E-state index in [9.17, 15) is 9.59 Å². The van der Waals surface area contributed by atoms with E-state index < -0.39 is 0 Å². The van der Waals surface area contributed by atoms with Crippen LogP contribution < -0.4 is 19.7 Å². The van der Waals surface area contributed by atoms with Crippen molar-refractivity contribution in [2.45, 2.75) is 44.4 Å². The Hall–Kier alpha value is -2.49. The predicted octanol–water partition coefficient (Wildman–Crippen LogP) is 4.77. The molecule has 2 amide bonds. The van der Waals surface area contributed by atoms with Gasteiger partial charge in [-0.05, 0) is 66.8 Å². The van der Waals surface area contributed by atoms with Gasteiger partial charge in [0, 0.05) is 30.8 Å². The van der Waals surface area contributed by atoms with E-state index in [0.29, 0.717) is 49.6 Å². The van der Waals surface area contributed by atoms with E-state index in [1.165, 1.54) is 0 Å². The number of nitrogens with zero attached hydrogens (tertiary/aromatic N) is 2. The van der Waals surface area contributed by atoms with Crippen molar-refractivity contribution in [3.63, 3.8) is 0 Å². The third-order valence-corrected chi connectivity index (χ3v) is 7.60. The van der Waals surface area contributed by atoms with Crippen molar-refractivity contribution in [3.05, 3.63) is 52.0 Å². The number of cyclic esters (lactones) is 1. The smallest absolute Gasteiger partial charge is 0.414 e. The van der Waals surface area contributed by atoms with Crippen molar-refractivity contribution in [3.8, 4) is 11.5 Å². The molecule has 10 heteroatoms. The second-order valence-electron chi connectivity index (χ2n) is 9.13. The van der Waals surface area contributed by atoms with Gasteiger partial charge in [-0.1, -0.05) is 18.2 Å². The molecule has 0 saturated carbocycles. The largest absolute Gasteiger partial charge is 0.496 e. The molecule has 0 atom stereocenters. The summed E-state index contributed by atoms with van der Waals surface area (Å²) >= 11 is 3.59. The Morgan fingerprint density at radius 1 is 1.08 bits per heavy atom. The lowest BCUT2D eigenvalue weighted by Crippen LogP contribution is -2.50. The maximum absolute atomic E-state index is 13.4. The van der Waals surface area contributed by atoms with Gasteiger partial charge in [0.2, 0.25) is 0 Å². The molecule has 36 heavy (non-hydrogen) atoms. The van der Waals surface area contributed by atoms with E-state index in [-0.39, 0.29) is 36.6 Å². The highest BCUT2D eigenvalue weighted by molar-refractivity contribution is 9.10. The highest BCUT2D eigenvalue weighted by Gasteiger charge is 2.35. The number of piperidine rings is 2. The lowest BCUT2D eigenvalue weighted by atomic mass is 10.00. The van der Waals surface area contributed by atoms with Crippen LogP contribution >= 0.6 is 28.3 Å². The highest BCUT2D eigenvalue weighted by atomic mass is 79.9. The van der Waals surface area contributed by atoms with E-state index in [2.05, 4.69) is 21.2 Å². The number of nitrogens with one attached hydrogen (secondary N) is 1. The summed E-state index contributed by atoms with van der Waals surface area (Å²) in [5.41, 5.74) is 2.41. The summed E-state index contributed by atoms with van der Waals surface area (Å²) in [6.07, 6.45) is 3.07. The van der Waals surface area contributed by atoms with Gasteiger partial charge in [0.1, 0.15) is 24.2 Å². The van der Waals surface area contributed by atoms with Crippen LogP contribution in [-0.4, -0.2) is 62.3 Å². The van der Waals surface area contributed by atoms with Crippen molar-refractivity contribution in [1.29, 1.82) is 0 Å². The quantitative estimate of drug-likeness (QED) is 0.549. The Balaban J connectivity index is 0.00000304. The van der Waals surface area contributed by atoms with Crippen LogP contribution in [0.4, 0.5) is 10.5 Å². The number of benzene rings is 2. The fourth-order valence-corrected chi connectivity index (χ4v) is 5.51. The van der Waals surface area contributed by atoms with Crippen LogP contribution in [0.5, 0.6) is 11.5 Å². The minimum absolute atomic E-state index is 0. The second kappa shape index (κ2) is 11.7. The molecule has 2 fully saturated rings. The number of likely N-dealkylation sites (tertiary alicyclic amines) is 1. The summed E-state index contributed by atoms with van der Waals surface area (Å²) < 4.78 is 17.9. The average molecular weight is 581 g/mol. The predicted molar refractivity (Wildman–Crippen MR) is 142 cm³/mol. The van der Waals surface area contributed by atoms with Crippen LogP contribution in [0.15, 0.2) is 40.9 Å². The van der Waals surface area contributed by atoms with Crippen LogP contribution in [0.25, 0.3) is 0 Å². The normalized spacial score (nSPS) is 18.7. The molecule has 194 valence electrons. The monoisotopic (exact) mass is 579 g/mol. The number of ether oxygens (including phenoxy) is 3. The zero-order chi connectivity index (χ0) is 24.4. The molecule has 3 aliphatic heterocycles. The molecule has 0 aromatic heterocycles. The lowest BCUT2D eigenvalue weighted by molar-refractivity contribution is 0.0705. The third-order valence-electron chi connectivity index (χ3n) is 6.98.